The fraction of sp³-hybridized carbons (Fsp3) is 0.583. The Bertz CT molecular complexity index is 407. The highest BCUT2D eigenvalue weighted by Crippen LogP contribution is 2.11. The summed E-state index contributed by atoms with van der Waals surface area (Å²) < 4.78 is 0. The van der Waals surface area contributed by atoms with Gasteiger partial charge in [0, 0.05) is 7.05 Å². The highest BCUT2D eigenvalue weighted by molar-refractivity contribution is 5.95. The Morgan fingerprint density at radius 1 is 1.53 bits per heavy atom. The third-order valence-corrected chi connectivity index (χ3v) is 2.80. The van der Waals surface area contributed by atoms with Gasteiger partial charge in [0.1, 0.15) is 0 Å². The third-order valence-electron chi connectivity index (χ3n) is 2.80. The molecule has 1 aromatic heterocycles. The number of rotatable bonds is 4. The molecule has 0 bridgehead atoms. The van der Waals surface area contributed by atoms with E-state index in [-0.39, 0.29) is 18.6 Å². The SMILES string of the molecule is CCc1nnc(C)cc1C(=O)N(C)C(C)CO. The van der Waals surface area contributed by atoms with Gasteiger partial charge in [0.25, 0.3) is 5.91 Å². The first-order chi connectivity index (χ1) is 8.01. The van der Waals surface area contributed by atoms with Crippen LogP contribution in [0.4, 0.5) is 0 Å². The summed E-state index contributed by atoms with van der Waals surface area (Å²) in [7, 11) is 1.68. The van der Waals surface area contributed by atoms with Crippen molar-refractivity contribution >= 4 is 5.91 Å². The number of aromatic nitrogens is 2. The summed E-state index contributed by atoms with van der Waals surface area (Å²) >= 11 is 0. The molecular weight excluding hydrogens is 218 g/mol. The molecule has 5 heteroatoms. The van der Waals surface area contributed by atoms with Crippen LogP contribution >= 0.6 is 0 Å². The average molecular weight is 237 g/mol. The zero-order valence-electron chi connectivity index (χ0n) is 10.8. The van der Waals surface area contributed by atoms with Crippen LogP contribution in [0.15, 0.2) is 6.07 Å². The van der Waals surface area contributed by atoms with E-state index in [0.717, 1.165) is 5.69 Å². The van der Waals surface area contributed by atoms with Crippen molar-refractivity contribution in [1.82, 2.24) is 15.1 Å². The van der Waals surface area contributed by atoms with Gasteiger partial charge >= 0.3 is 0 Å². The van der Waals surface area contributed by atoms with Crippen LogP contribution in [0.5, 0.6) is 0 Å². The van der Waals surface area contributed by atoms with E-state index >= 15 is 0 Å². The van der Waals surface area contributed by atoms with Crippen molar-refractivity contribution in [3.05, 3.63) is 23.0 Å². The fourth-order valence-electron chi connectivity index (χ4n) is 1.47. The first-order valence-corrected chi connectivity index (χ1v) is 5.72. The van der Waals surface area contributed by atoms with Crippen molar-refractivity contribution in [2.75, 3.05) is 13.7 Å². The number of hydrogen-bond acceptors (Lipinski definition) is 4. The van der Waals surface area contributed by atoms with Gasteiger partial charge in [-0.15, -0.1) is 0 Å². The van der Waals surface area contributed by atoms with Gasteiger partial charge in [-0.2, -0.15) is 10.2 Å². The quantitative estimate of drug-likeness (QED) is 0.841. The number of likely N-dealkylation sites (N-methyl/N-ethyl adjacent to an activating group) is 1. The molecule has 0 aromatic carbocycles. The van der Waals surface area contributed by atoms with Gasteiger partial charge in [0.2, 0.25) is 0 Å². The van der Waals surface area contributed by atoms with E-state index in [1.165, 1.54) is 4.90 Å². The van der Waals surface area contributed by atoms with Crippen LogP contribution in [0, 0.1) is 6.92 Å². The largest absolute Gasteiger partial charge is 0.394 e. The third kappa shape index (κ3) is 3.00. The molecule has 1 aromatic rings. The summed E-state index contributed by atoms with van der Waals surface area (Å²) in [5, 5.41) is 17.0. The highest BCUT2D eigenvalue weighted by atomic mass is 16.3. The van der Waals surface area contributed by atoms with Crippen molar-refractivity contribution in [3.8, 4) is 0 Å². The first-order valence-electron chi connectivity index (χ1n) is 5.72. The summed E-state index contributed by atoms with van der Waals surface area (Å²) in [5.41, 5.74) is 1.98. The van der Waals surface area contributed by atoms with Crippen molar-refractivity contribution in [3.63, 3.8) is 0 Å². The van der Waals surface area contributed by atoms with Crippen LogP contribution in [0.3, 0.4) is 0 Å². The molecule has 0 aliphatic heterocycles. The Labute approximate surface area is 101 Å². The molecule has 0 saturated heterocycles. The van der Waals surface area contributed by atoms with Crippen LogP contribution in [-0.4, -0.2) is 45.8 Å². The van der Waals surface area contributed by atoms with E-state index in [2.05, 4.69) is 10.2 Å². The number of aryl methyl sites for hydroxylation is 2. The molecular formula is C12H19N3O2. The lowest BCUT2D eigenvalue weighted by molar-refractivity contribution is 0.0680. The Hall–Kier alpha value is -1.49. The Morgan fingerprint density at radius 3 is 2.71 bits per heavy atom. The van der Waals surface area contributed by atoms with E-state index in [1.807, 2.05) is 6.92 Å². The minimum Gasteiger partial charge on any atom is -0.394 e. The lowest BCUT2D eigenvalue weighted by atomic mass is 10.1. The number of carbonyl (C=O) groups excluding carboxylic acids is 1. The topological polar surface area (TPSA) is 66.3 Å². The van der Waals surface area contributed by atoms with Gasteiger partial charge in [-0.3, -0.25) is 4.79 Å². The number of aliphatic hydroxyl groups excluding tert-OH is 1. The number of aliphatic hydroxyl groups is 1. The molecule has 0 spiro atoms. The van der Waals surface area contributed by atoms with Crippen LogP contribution in [0.1, 0.15) is 35.6 Å². The van der Waals surface area contributed by atoms with Crippen LogP contribution < -0.4 is 0 Å². The van der Waals surface area contributed by atoms with Gasteiger partial charge in [-0.1, -0.05) is 6.92 Å². The van der Waals surface area contributed by atoms with E-state index in [0.29, 0.717) is 17.7 Å². The maximum absolute atomic E-state index is 12.2. The molecule has 1 amide bonds. The van der Waals surface area contributed by atoms with E-state index in [9.17, 15) is 4.79 Å². The molecule has 1 rings (SSSR count). The van der Waals surface area contributed by atoms with Crippen molar-refractivity contribution < 1.29 is 9.90 Å². The second-order valence-electron chi connectivity index (χ2n) is 4.15. The lowest BCUT2D eigenvalue weighted by Gasteiger charge is -2.23. The molecule has 1 unspecified atom stereocenters. The second-order valence-corrected chi connectivity index (χ2v) is 4.15. The predicted molar refractivity (Wildman–Crippen MR) is 64.8 cm³/mol. The standard InChI is InChI=1S/C12H19N3O2/c1-5-11-10(6-8(2)13-14-11)12(17)15(4)9(3)7-16/h6,9,16H,5,7H2,1-4H3. The Kier molecular flexibility index (Phi) is 4.57. The lowest BCUT2D eigenvalue weighted by Crippen LogP contribution is -2.38. The minimum atomic E-state index is -0.208. The molecule has 17 heavy (non-hydrogen) atoms. The van der Waals surface area contributed by atoms with E-state index < -0.39 is 0 Å². The number of hydrogen-bond donors (Lipinski definition) is 1. The molecule has 0 aliphatic carbocycles. The maximum atomic E-state index is 12.2. The summed E-state index contributed by atoms with van der Waals surface area (Å²) in [6.45, 7) is 5.48. The maximum Gasteiger partial charge on any atom is 0.255 e. The zero-order valence-corrected chi connectivity index (χ0v) is 10.8. The smallest absolute Gasteiger partial charge is 0.255 e. The molecule has 0 radical (unpaired) electrons. The molecule has 0 saturated carbocycles. The monoisotopic (exact) mass is 237 g/mol. The van der Waals surface area contributed by atoms with Crippen molar-refractivity contribution in [2.24, 2.45) is 0 Å². The summed E-state index contributed by atoms with van der Waals surface area (Å²) in [5.74, 6) is -0.124. The molecule has 94 valence electrons. The molecule has 0 fully saturated rings. The number of carbonyl (C=O) groups is 1. The molecule has 0 aliphatic rings. The average Bonchev–Trinajstić information content (AvgIpc) is 2.35. The highest BCUT2D eigenvalue weighted by Gasteiger charge is 2.20. The van der Waals surface area contributed by atoms with Gasteiger partial charge in [0.15, 0.2) is 0 Å². The Morgan fingerprint density at radius 2 is 2.18 bits per heavy atom. The van der Waals surface area contributed by atoms with Gasteiger partial charge in [-0.25, -0.2) is 0 Å². The number of nitrogens with zero attached hydrogens (tertiary/aromatic N) is 3. The predicted octanol–water partition coefficient (Wildman–Crippen LogP) is 0.800. The van der Waals surface area contributed by atoms with Crippen LogP contribution in [-0.2, 0) is 6.42 Å². The molecule has 1 atom stereocenters. The van der Waals surface area contributed by atoms with Crippen LogP contribution in [0.25, 0.3) is 0 Å². The van der Waals surface area contributed by atoms with Gasteiger partial charge in [0.05, 0.1) is 29.6 Å². The van der Waals surface area contributed by atoms with Gasteiger partial charge < -0.3 is 10.0 Å². The second kappa shape index (κ2) is 5.72. The summed E-state index contributed by atoms with van der Waals surface area (Å²) in [6, 6.07) is 1.54. The normalized spacial score (nSPS) is 12.3. The Balaban J connectivity index is 3.06. The minimum absolute atomic E-state index is 0.0544. The zero-order chi connectivity index (χ0) is 13.0. The summed E-state index contributed by atoms with van der Waals surface area (Å²) in [4.78, 5) is 13.7. The molecule has 1 N–H and O–H groups in total. The van der Waals surface area contributed by atoms with Crippen molar-refractivity contribution in [2.45, 2.75) is 33.2 Å². The van der Waals surface area contributed by atoms with Crippen molar-refractivity contribution in [1.29, 1.82) is 0 Å². The fourth-order valence-corrected chi connectivity index (χ4v) is 1.47. The van der Waals surface area contributed by atoms with Crippen LogP contribution in [0.2, 0.25) is 0 Å². The molecule has 5 nitrogen and oxygen atoms in total. The van der Waals surface area contributed by atoms with Gasteiger partial charge in [-0.05, 0) is 26.3 Å². The first kappa shape index (κ1) is 13.6. The molecule has 1 heterocycles. The van der Waals surface area contributed by atoms with E-state index in [1.54, 1.807) is 27.0 Å². The summed E-state index contributed by atoms with van der Waals surface area (Å²) in [6.07, 6.45) is 0.662. The number of amides is 1. The van der Waals surface area contributed by atoms with E-state index in [4.69, 9.17) is 5.11 Å².